The minimum absolute atomic E-state index is 0.127. The number of nitrogens with zero attached hydrogens (tertiary/aromatic N) is 2. The fourth-order valence-electron chi connectivity index (χ4n) is 3.60. The Morgan fingerprint density at radius 1 is 1.31 bits per heavy atom. The zero-order valence-electron chi connectivity index (χ0n) is 15.0. The molecule has 4 rings (SSSR count). The Morgan fingerprint density at radius 2 is 2.08 bits per heavy atom. The molecule has 1 aliphatic heterocycles. The second kappa shape index (κ2) is 5.97. The number of ether oxygens (including phenoxy) is 1. The van der Waals surface area contributed by atoms with Crippen molar-refractivity contribution >= 4 is 22.8 Å². The van der Waals surface area contributed by atoms with E-state index in [0.717, 1.165) is 29.4 Å². The molecule has 2 aliphatic rings. The monoisotopic (exact) mass is 354 g/mol. The van der Waals surface area contributed by atoms with Gasteiger partial charge in [-0.25, -0.2) is 0 Å². The topological polar surface area (TPSA) is 79.7 Å². The van der Waals surface area contributed by atoms with Gasteiger partial charge in [-0.3, -0.25) is 14.6 Å². The molecule has 1 aromatic carbocycles. The Hall–Kier alpha value is -2.63. The fraction of sp³-hybridized carbons (Fsp3) is 0.450. The van der Waals surface area contributed by atoms with Crippen LogP contribution < -0.4 is 4.74 Å². The molecule has 0 radical (unpaired) electrons. The minimum Gasteiger partial charge on any atom is -0.497 e. The molecule has 2 aromatic rings. The second-order valence-electron chi connectivity index (χ2n) is 7.59. The Bertz CT molecular complexity index is 906. The first-order valence-electron chi connectivity index (χ1n) is 8.93. The molecular formula is C20H22N2O4. The molecule has 0 spiro atoms. The lowest BCUT2D eigenvalue weighted by molar-refractivity contribution is -0.147. The van der Waals surface area contributed by atoms with E-state index in [-0.39, 0.29) is 12.5 Å². The van der Waals surface area contributed by atoms with E-state index in [0.29, 0.717) is 30.2 Å². The molecule has 2 heterocycles. The van der Waals surface area contributed by atoms with E-state index >= 15 is 0 Å². The largest absolute Gasteiger partial charge is 0.497 e. The van der Waals surface area contributed by atoms with Crippen LogP contribution in [0.15, 0.2) is 24.3 Å². The first kappa shape index (κ1) is 16.8. The first-order chi connectivity index (χ1) is 12.4. The van der Waals surface area contributed by atoms with Crippen LogP contribution in [0.3, 0.4) is 0 Å². The summed E-state index contributed by atoms with van der Waals surface area (Å²) in [6, 6.07) is 7.44. The van der Waals surface area contributed by atoms with Crippen LogP contribution >= 0.6 is 0 Å². The van der Waals surface area contributed by atoms with Gasteiger partial charge in [-0.1, -0.05) is 0 Å². The number of hydrogen-bond donors (Lipinski definition) is 1. The molecule has 1 amide bonds. The summed E-state index contributed by atoms with van der Waals surface area (Å²) in [7, 11) is 1.59. The third-order valence-electron chi connectivity index (χ3n) is 5.54. The molecule has 1 N–H and O–H groups in total. The number of amides is 1. The van der Waals surface area contributed by atoms with Crippen molar-refractivity contribution < 1.29 is 19.4 Å². The van der Waals surface area contributed by atoms with Crippen molar-refractivity contribution in [2.45, 2.75) is 32.1 Å². The summed E-state index contributed by atoms with van der Waals surface area (Å²) in [6.07, 6.45) is 2.67. The Morgan fingerprint density at radius 3 is 2.69 bits per heavy atom. The predicted octanol–water partition coefficient (Wildman–Crippen LogP) is 3.06. The number of carboxylic acids is 1. The van der Waals surface area contributed by atoms with Gasteiger partial charge in [0.15, 0.2) is 0 Å². The van der Waals surface area contributed by atoms with Crippen molar-refractivity contribution in [3.8, 4) is 5.75 Å². The molecular weight excluding hydrogens is 332 g/mol. The Balaban J connectivity index is 1.76. The number of carbonyl (C=O) groups excluding carboxylic acids is 1. The molecule has 6 heteroatoms. The molecule has 136 valence electrons. The number of carboxylic acid groups (broad SMARTS) is 1. The lowest BCUT2D eigenvalue weighted by atomic mass is 9.90. The lowest BCUT2D eigenvalue weighted by Crippen LogP contribution is -2.35. The summed E-state index contributed by atoms with van der Waals surface area (Å²) >= 11 is 0. The summed E-state index contributed by atoms with van der Waals surface area (Å²) in [5.74, 6) is 0.116. The summed E-state index contributed by atoms with van der Waals surface area (Å²) in [5, 5.41) is 10.2. The highest BCUT2D eigenvalue weighted by molar-refractivity contribution is 6.07. The van der Waals surface area contributed by atoms with Gasteiger partial charge in [0.25, 0.3) is 5.91 Å². The number of aromatic nitrogens is 1. The Kier molecular flexibility index (Phi) is 3.86. The van der Waals surface area contributed by atoms with Gasteiger partial charge in [-0.15, -0.1) is 0 Å². The third kappa shape index (κ3) is 2.79. The van der Waals surface area contributed by atoms with Crippen molar-refractivity contribution in [3.63, 3.8) is 0 Å². The normalized spacial score (nSPS) is 22.6. The standard InChI is InChI=1S/C20H22N2O4/c1-20(19(24)25)7-8-22(11-20)18(23)15-10-17(12-3-4-12)21-16-6-5-13(26-2)9-14(15)16/h5-6,9-10,12H,3-4,7-8,11H2,1-2H3,(H,24,25). The number of methoxy groups -OCH3 is 1. The molecule has 2 fully saturated rings. The number of pyridine rings is 1. The van der Waals surface area contributed by atoms with E-state index in [4.69, 9.17) is 9.72 Å². The van der Waals surface area contributed by atoms with Crippen molar-refractivity contribution in [1.82, 2.24) is 9.88 Å². The van der Waals surface area contributed by atoms with E-state index in [9.17, 15) is 14.7 Å². The number of carbonyl (C=O) groups is 2. The average molecular weight is 354 g/mol. The van der Waals surface area contributed by atoms with Crippen molar-refractivity contribution in [2.24, 2.45) is 5.41 Å². The highest BCUT2D eigenvalue weighted by Crippen LogP contribution is 2.41. The number of fused-ring (bicyclic) bond motifs is 1. The van der Waals surface area contributed by atoms with Gasteiger partial charge in [0.2, 0.25) is 0 Å². The third-order valence-corrected chi connectivity index (χ3v) is 5.54. The van der Waals surface area contributed by atoms with Gasteiger partial charge in [-0.2, -0.15) is 0 Å². The zero-order valence-corrected chi connectivity index (χ0v) is 15.0. The lowest BCUT2D eigenvalue weighted by Gasteiger charge is -2.21. The highest BCUT2D eigenvalue weighted by Gasteiger charge is 2.42. The Labute approximate surface area is 151 Å². The summed E-state index contributed by atoms with van der Waals surface area (Å²) in [5.41, 5.74) is 1.44. The van der Waals surface area contributed by atoms with Crippen LogP contribution in [0.2, 0.25) is 0 Å². The molecule has 1 saturated carbocycles. The number of rotatable bonds is 4. The van der Waals surface area contributed by atoms with E-state index < -0.39 is 11.4 Å². The van der Waals surface area contributed by atoms with Gasteiger partial charge in [0.05, 0.1) is 23.6 Å². The van der Waals surface area contributed by atoms with Gasteiger partial charge in [0, 0.05) is 30.1 Å². The number of aliphatic carboxylic acids is 1. The minimum atomic E-state index is -0.879. The van der Waals surface area contributed by atoms with E-state index in [2.05, 4.69) is 0 Å². The van der Waals surface area contributed by atoms with Crippen LogP contribution in [0.4, 0.5) is 0 Å². The van der Waals surface area contributed by atoms with E-state index in [1.165, 1.54) is 0 Å². The molecule has 26 heavy (non-hydrogen) atoms. The molecule has 1 unspecified atom stereocenters. The molecule has 1 atom stereocenters. The highest BCUT2D eigenvalue weighted by atomic mass is 16.5. The maximum atomic E-state index is 13.2. The van der Waals surface area contributed by atoms with Crippen molar-refractivity contribution in [3.05, 3.63) is 35.5 Å². The van der Waals surface area contributed by atoms with E-state index in [1.54, 1.807) is 18.9 Å². The molecule has 1 saturated heterocycles. The van der Waals surface area contributed by atoms with Crippen molar-refractivity contribution in [1.29, 1.82) is 0 Å². The molecule has 6 nitrogen and oxygen atoms in total. The average Bonchev–Trinajstić information content (AvgIpc) is 3.41. The van der Waals surface area contributed by atoms with Crippen LogP contribution in [0, 0.1) is 5.41 Å². The van der Waals surface area contributed by atoms with Crippen LogP contribution in [0.5, 0.6) is 5.75 Å². The maximum Gasteiger partial charge on any atom is 0.311 e. The van der Waals surface area contributed by atoms with E-state index in [1.807, 2.05) is 24.3 Å². The number of benzene rings is 1. The van der Waals surface area contributed by atoms with Gasteiger partial charge in [0.1, 0.15) is 5.75 Å². The summed E-state index contributed by atoms with van der Waals surface area (Å²) in [6.45, 7) is 2.38. The molecule has 0 bridgehead atoms. The van der Waals surface area contributed by atoms with Crippen LogP contribution in [-0.4, -0.2) is 47.1 Å². The van der Waals surface area contributed by atoms with Crippen molar-refractivity contribution in [2.75, 3.05) is 20.2 Å². The summed E-state index contributed by atoms with van der Waals surface area (Å²) < 4.78 is 5.31. The van der Waals surface area contributed by atoms with Crippen LogP contribution in [0.25, 0.3) is 10.9 Å². The fourth-order valence-corrected chi connectivity index (χ4v) is 3.60. The van der Waals surface area contributed by atoms with Crippen LogP contribution in [-0.2, 0) is 4.79 Å². The van der Waals surface area contributed by atoms with Gasteiger partial charge >= 0.3 is 5.97 Å². The van der Waals surface area contributed by atoms with Gasteiger partial charge < -0.3 is 14.7 Å². The molecule has 1 aliphatic carbocycles. The number of hydrogen-bond acceptors (Lipinski definition) is 4. The van der Waals surface area contributed by atoms with Gasteiger partial charge in [-0.05, 0) is 50.5 Å². The van der Waals surface area contributed by atoms with Crippen LogP contribution in [0.1, 0.15) is 48.2 Å². The SMILES string of the molecule is COc1ccc2nc(C3CC3)cc(C(=O)N3CCC(C)(C(=O)O)C3)c2c1. The summed E-state index contributed by atoms with van der Waals surface area (Å²) in [4.78, 5) is 31.1. The maximum absolute atomic E-state index is 13.2. The smallest absolute Gasteiger partial charge is 0.311 e. The second-order valence-corrected chi connectivity index (χ2v) is 7.59. The number of likely N-dealkylation sites (tertiary alicyclic amines) is 1. The molecule has 1 aromatic heterocycles. The zero-order chi connectivity index (χ0) is 18.5. The quantitative estimate of drug-likeness (QED) is 0.913. The predicted molar refractivity (Wildman–Crippen MR) is 96.5 cm³/mol. The first-order valence-corrected chi connectivity index (χ1v) is 8.93.